The smallest absolute Gasteiger partial charge is 0.240 e. The first-order chi connectivity index (χ1) is 7.61. The van der Waals surface area contributed by atoms with Gasteiger partial charge in [-0.25, -0.2) is 0 Å². The van der Waals surface area contributed by atoms with Gasteiger partial charge in [0.05, 0.1) is 12.2 Å². The van der Waals surface area contributed by atoms with Crippen molar-refractivity contribution < 1.29 is 4.79 Å². The highest BCUT2D eigenvalue weighted by atomic mass is 79.9. The van der Waals surface area contributed by atoms with Crippen molar-refractivity contribution in [1.29, 1.82) is 0 Å². The summed E-state index contributed by atoms with van der Waals surface area (Å²) in [6.45, 7) is 2.91. The largest absolute Gasteiger partial charge is 0.322 e. The van der Waals surface area contributed by atoms with E-state index in [1.807, 2.05) is 18.2 Å². The molecule has 0 bridgehead atoms. The average Bonchev–Trinajstić information content (AvgIpc) is 2.26. The third-order valence-electron chi connectivity index (χ3n) is 2.46. The van der Waals surface area contributed by atoms with Crippen molar-refractivity contribution in [1.82, 2.24) is 0 Å². The van der Waals surface area contributed by atoms with Gasteiger partial charge in [0.25, 0.3) is 0 Å². The Morgan fingerprint density at radius 2 is 2.44 bits per heavy atom. The molecule has 1 aromatic carbocycles. The van der Waals surface area contributed by atoms with Gasteiger partial charge in [-0.1, -0.05) is 22.9 Å². The molecule has 1 aromatic rings. The molecule has 16 heavy (non-hydrogen) atoms. The van der Waals surface area contributed by atoms with Crippen LogP contribution in [0.1, 0.15) is 6.92 Å². The van der Waals surface area contributed by atoms with E-state index in [1.165, 1.54) is 0 Å². The number of hydrogen-bond acceptors (Lipinski definition) is 3. The Kier molecular flexibility index (Phi) is 3.56. The molecule has 2 N–H and O–H groups in total. The number of rotatable bonds is 1. The van der Waals surface area contributed by atoms with Gasteiger partial charge < -0.3 is 10.6 Å². The molecule has 0 radical (unpaired) electrons. The second-order valence-electron chi connectivity index (χ2n) is 3.75. The maximum atomic E-state index is 11.7. The van der Waals surface area contributed by atoms with Crippen molar-refractivity contribution >= 4 is 39.3 Å². The third kappa shape index (κ3) is 2.26. The van der Waals surface area contributed by atoms with E-state index in [0.717, 1.165) is 21.6 Å². The summed E-state index contributed by atoms with van der Waals surface area (Å²) in [5.74, 6) is -0.0178. The monoisotopic (exact) mass is 300 g/mol. The Hall–Kier alpha value is -0.520. The second-order valence-corrected chi connectivity index (χ2v) is 6.14. The zero-order valence-corrected chi connectivity index (χ0v) is 11.3. The summed E-state index contributed by atoms with van der Waals surface area (Å²) in [6.07, 6.45) is 0. The molecule has 1 aliphatic heterocycles. The van der Waals surface area contributed by atoms with Crippen molar-refractivity contribution in [2.45, 2.75) is 17.1 Å². The molecular formula is C11H13BrN2OS. The van der Waals surface area contributed by atoms with Crippen LogP contribution >= 0.6 is 27.7 Å². The van der Waals surface area contributed by atoms with Gasteiger partial charge in [-0.15, -0.1) is 11.8 Å². The molecule has 2 rings (SSSR count). The van der Waals surface area contributed by atoms with Crippen LogP contribution in [-0.4, -0.2) is 24.2 Å². The van der Waals surface area contributed by atoms with Crippen molar-refractivity contribution in [2.75, 3.05) is 18.0 Å². The molecule has 1 atom stereocenters. The molecule has 0 saturated carbocycles. The Balaban J connectivity index is 2.41. The Morgan fingerprint density at radius 1 is 1.69 bits per heavy atom. The van der Waals surface area contributed by atoms with E-state index in [-0.39, 0.29) is 12.5 Å². The van der Waals surface area contributed by atoms with E-state index < -0.39 is 0 Å². The Bertz CT molecular complexity index is 424. The quantitative estimate of drug-likeness (QED) is 0.865. The summed E-state index contributed by atoms with van der Waals surface area (Å²) in [7, 11) is 0. The van der Waals surface area contributed by atoms with Crippen LogP contribution in [-0.2, 0) is 4.79 Å². The number of halogens is 1. The van der Waals surface area contributed by atoms with Crippen molar-refractivity contribution in [2.24, 2.45) is 5.73 Å². The second kappa shape index (κ2) is 4.77. The van der Waals surface area contributed by atoms with Gasteiger partial charge >= 0.3 is 0 Å². The molecule has 5 heteroatoms. The standard InChI is InChI=1S/C11H13BrN2OS/c1-7-6-14(11(15)5-13)9-3-2-8(12)4-10(9)16-7/h2-4,7H,5-6,13H2,1H3. The van der Waals surface area contributed by atoms with E-state index in [1.54, 1.807) is 16.7 Å². The molecule has 1 heterocycles. The van der Waals surface area contributed by atoms with Gasteiger partial charge in [0.2, 0.25) is 5.91 Å². The number of hydrogen-bond donors (Lipinski definition) is 1. The molecule has 3 nitrogen and oxygen atoms in total. The minimum absolute atomic E-state index is 0.0178. The first-order valence-corrected chi connectivity index (χ1v) is 6.75. The first-order valence-electron chi connectivity index (χ1n) is 5.08. The van der Waals surface area contributed by atoms with Crippen LogP contribution in [0.3, 0.4) is 0 Å². The maximum Gasteiger partial charge on any atom is 0.240 e. The van der Waals surface area contributed by atoms with Crippen molar-refractivity contribution in [3.8, 4) is 0 Å². The van der Waals surface area contributed by atoms with Crippen LogP contribution in [0.5, 0.6) is 0 Å². The van der Waals surface area contributed by atoms with Gasteiger partial charge in [-0.05, 0) is 18.2 Å². The summed E-state index contributed by atoms with van der Waals surface area (Å²) in [4.78, 5) is 14.7. The number of anilines is 1. The van der Waals surface area contributed by atoms with Crippen molar-refractivity contribution in [3.05, 3.63) is 22.7 Å². The van der Waals surface area contributed by atoms with Gasteiger partial charge in [0, 0.05) is 21.2 Å². The Labute approximate surface area is 108 Å². The lowest BCUT2D eigenvalue weighted by Crippen LogP contribution is -2.41. The predicted octanol–water partition coefficient (Wildman–Crippen LogP) is 2.24. The van der Waals surface area contributed by atoms with Gasteiger partial charge in [0.15, 0.2) is 0 Å². The van der Waals surface area contributed by atoms with Gasteiger partial charge in [-0.2, -0.15) is 0 Å². The lowest BCUT2D eigenvalue weighted by molar-refractivity contribution is -0.117. The fourth-order valence-corrected chi connectivity index (χ4v) is 3.42. The van der Waals surface area contributed by atoms with Crippen LogP contribution in [0.2, 0.25) is 0 Å². The van der Waals surface area contributed by atoms with Gasteiger partial charge in [0.1, 0.15) is 0 Å². The molecule has 0 saturated heterocycles. The molecule has 1 amide bonds. The Morgan fingerprint density at radius 3 is 3.12 bits per heavy atom. The van der Waals surface area contributed by atoms with Crippen LogP contribution in [0.25, 0.3) is 0 Å². The average molecular weight is 301 g/mol. The third-order valence-corrected chi connectivity index (χ3v) is 4.08. The molecule has 0 spiro atoms. The molecular weight excluding hydrogens is 288 g/mol. The zero-order valence-electron chi connectivity index (χ0n) is 8.94. The fourth-order valence-electron chi connectivity index (χ4n) is 1.76. The molecule has 0 fully saturated rings. The number of amides is 1. The van der Waals surface area contributed by atoms with Crippen LogP contribution < -0.4 is 10.6 Å². The fraction of sp³-hybridized carbons (Fsp3) is 0.364. The lowest BCUT2D eigenvalue weighted by atomic mass is 10.2. The number of carbonyl (C=O) groups is 1. The van der Waals surface area contributed by atoms with E-state index in [4.69, 9.17) is 5.73 Å². The van der Waals surface area contributed by atoms with E-state index in [0.29, 0.717) is 5.25 Å². The highest BCUT2D eigenvalue weighted by molar-refractivity contribution is 9.10. The number of nitrogens with two attached hydrogens (primary N) is 1. The first kappa shape index (κ1) is 12.0. The van der Waals surface area contributed by atoms with Crippen LogP contribution in [0, 0.1) is 0 Å². The van der Waals surface area contributed by atoms with E-state index >= 15 is 0 Å². The highest BCUT2D eigenvalue weighted by Crippen LogP contribution is 2.39. The zero-order chi connectivity index (χ0) is 11.7. The van der Waals surface area contributed by atoms with Crippen molar-refractivity contribution in [3.63, 3.8) is 0 Å². The summed E-state index contributed by atoms with van der Waals surface area (Å²) in [5, 5.41) is 0.400. The number of fused-ring (bicyclic) bond motifs is 1. The lowest BCUT2D eigenvalue weighted by Gasteiger charge is -2.32. The molecule has 1 unspecified atom stereocenters. The molecule has 0 aliphatic carbocycles. The van der Waals surface area contributed by atoms with Crippen LogP contribution in [0.15, 0.2) is 27.6 Å². The van der Waals surface area contributed by atoms with E-state index in [9.17, 15) is 4.79 Å². The summed E-state index contributed by atoms with van der Waals surface area (Å²) >= 11 is 5.24. The minimum atomic E-state index is -0.0178. The minimum Gasteiger partial charge on any atom is -0.322 e. The van der Waals surface area contributed by atoms with E-state index in [2.05, 4.69) is 22.9 Å². The molecule has 1 aliphatic rings. The number of thioether (sulfide) groups is 1. The summed E-state index contributed by atoms with van der Waals surface area (Å²) < 4.78 is 1.04. The highest BCUT2D eigenvalue weighted by Gasteiger charge is 2.26. The molecule has 86 valence electrons. The molecule has 0 aromatic heterocycles. The SMILES string of the molecule is CC1CN(C(=O)CN)c2ccc(Br)cc2S1. The maximum absolute atomic E-state index is 11.7. The van der Waals surface area contributed by atoms with Gasteiger partial charge in [-0.3, -0.25) is 4.79 Å². The number of carbonyl (C=O) groups excluding carboxylic acids is 1. The topological polar surface area (TPSA) is 46.3 Å². The predicted molar refractivity (Wildman–Crippen MR) is 70.9 cm³/mol. The normalized spacial score (nSPS) is 19.4. The number of benzene rings is 1. The summed E-state index contributed by atoms with van der Waals surface area (Å²) in [6, 6.07) is 5.96. The number of nitrogens with zero attached hydrogens (tertiary/aromatic N) is 1. The van der Waals surface area contributed by atoms with Crippen LogP contribution in [0.4, 0.5) is 5.69 Å². The summed E-state index contributed by atoms with van der Waals surface area (Å²) in [5.41, 5.74) is 6.40.